The maximum absolute atomic E-state index is 12.6. The predicted molar refractivity (Wildman–Crippen MR) is 108 cm³/mol. The zero-order chi connectivity index (χ0) is 19.5. The average molecular weight is 374 g/mol. The molecule has 0 fully saturated rings. The number of anilines is 3. The Hall–Kier alpha value is -2.53. The van der Waals surface area contributed by atoms with Gasteiger partial charge in [0.05, 0.1) is 0 Å². The lowest BCUT2D eigenvalue weighted by Gasteiger charge is -2.23. The number of rotatable bonds is 5. The molecule has 0 atom stereocenters. The third-order valence-electron chi connectivity index (χ3n) is 4.21. The van der Waals surface area contributed by atoms with Crippen LogP contribution in [-0.4, -0.2) is 25.9 Å². The zero-order valence-electron chi connectivity index (χ0n) is 15.7. The number of halogens is 1. The number of benzene rings is 2. The molecular formula is C20H24ClN3O2. The molecule has 0 heterocycles. The molecule has 0 aromatic heterocycles. The molecule has 0 aliphatic rings. The molecule has 2 N–H and O–H groups in total. The van der Waals surface area contributed by atoms with E-state index in [-0.39, 0.29) is 5.91 Å². The lowest BCUT2D eigenvalue weighted by atomic mass is 9.90. The molecule has 5 nitrogen and oxygen atoms in total. The van der Waals surface area contributed by atoms with Gasteiger partial charge in [0, 0.05) is 36.2 Å². The molecule has 0 bridgehead atoms. The van der Waals surface area contributed by atoms with Crippen molar-refractivity contribution in [2.24, 2.45) is 5.41 Å². The smallest absolute Gasteiger partial charge is 0.239 e. The van der Waals surface area contributed by atoms with Gasteiger partial charge in [0.1, 0.15) is 5.41 Å². The number of carbonyl (C=O) groups excluding carboxylic acids is 2. The second-order valence-corrected chi connectivity index (χ2v) is 7.35. The second-order valence-electron chi connectivity index (χ2n) is 6.94. The van der Waals surface area contributed by atoms with Crippen LogP contribution in [0.4, 0.5) is 17.1 Å². The number of aryl methyl sites for hydroxylation is 1. The summed E-state index contributed by atoms with van der Waals surface area (Å²) in [5, 5.41) is 6.10. The Kier molecular flexibility index (Phi) is 5.93. The van der Waals surface area contributed by atoms with E-state index in [1.54, 1.807) is 38.1 Å². The summed E-state index contributed by atoms with van der Waals surface area (Å²) < 4.78 is 0. The van der Waals surface area contributed by atoms with Crippen LogP contribution in [0.25, 0.3) is 0 Å². The third-order valence-corrected chi connectivity index (χ3v) is 4.61. The first-order valence-corrected chi connectivity index (χ1v) is 8.65. The van der Waals surface area contributed by atoms with Gasteiger partial charge in [-0.2, -0.15) is 0 Å². The van der Waals surface area contributed by atoms with E-state index in [2.05, 4.69) is 10.6 Å². The van der Waals surface area contributed by atoms with Crippen LogP contribution in [0, 0.1) is 12.3 Å². The van der Waals surface area contributed by atoms with Crippen molar-refractivity contribution in [1.82, 2.24) is 0 Å². The molecule has 2 rings (SSSR count). The normalized spacial score (nSPS) is 11.0. The fraction of sp³-hybridized carbons (Fsp3) is 0.300. The quantitative estimate of drug-likeness (QED) is 0.767. The monoisotopic (exact) mass is 373 g/mol. The highest BCUT2D eigenvalue weighted by Crippen LogP contribution is 2.25. The van der Waals surface area contributed by atoms with Crippen LogP contribution in [-0.2, 0) is 9.59 Å². The van der Waals surface area contributed by atoms with E-state index >= 15 is 0 Å². The third kappa shape index (κ3) is 4.55. The number of hydrogen-bond donors (Lipinski definition) is 2. The Morgan fingerprint density at radius 2 is 1.42 bits per heavy atom. The van der Waals surface area contributed by atoms with E-state index in [4.69, 9.17) is 11.6 Å². The van der Waals surface area contributed by atoms with Gasteiger partial charge in [0.25, 0.3) is 0 Å². The molecule has 138 valence electrons. The molecule has 2 amide bonds. The Bertz CT molecular complexity index is 814. The van der Waals surface area contributed by atoms with E-state index in [0.717, 1.165) is 11.3 Å². The van der Waals surface area contributed by atoms with Gasteiger partial charge in [-0.25, -0.2) is 0 Å². The van der Waals surface area contributed by atoms with Gasteiger partial charge >= 0.3 is 0 Å². The molecule has 0 aliphatic heterocycles. The van der Waals surface area contributed by atoms with Crippen molar-refractivity contribution < 1.29 is 9.59 Å². The van der Waals surface area contributed by atoms with Crippen LogP contribution in [0.2, 0.25) is 5.02 Å². The van der Waals surface area contributed by atoms with Crippen LogP contribution in [0.5, 0.6) is 0 Å². The van der Waals surface area contributed by atoms with Gasteiger partial charge < -0.3 is 15.5 Å². The van der Waals surface area contributed by atoms with Crippen LogP contribution >= 0.6 is 11.6 Å². The van der Waals surface area contributed by atoms with Crippen molar-refractivity contribution >= 4 is 40.5 Å². The summed E-state index contributed by atoms with van der Waals surface area (Å²) >= 11 is 6.08. The first-order chi connectivity index (χ1) is 12.1. The highest BCUT2D eigenvalue weighted by atomic mass is 35.5. The molecule has 0 spiro atoms. The van der Waals surface area contributed by atoms with Crippen LogP contribution in [0.1, 0.15) is 19.4 Å². The van der Waals surface area contributed by atoms with Crippen molar-refractivity contribution in [2.75, 3.05) is 29.6 Å². The summed E-state index contributed by atoms with van der Waals surface area (Å²) in [7, 11) is 3.89. The first kappa shape index (κ1) is 19.8. The number of nitrogens with zero attached hydrogens (tertiary/aromatic N) is 1. The number of hydrogen-bond acceptors (Lipinski definition) is 3. The SMILES string of the molecule is Cc1ccc(NC(=O)C(C)(C)C(=O)Nc2ccc(N(C)C)cc2)cc1Cl. The minimum atomic E-state index is -1.25. The molecule has 0 radical (unpaired) electrons. The molecule has 0 saturated heterocycles. The lowest BCUT2D eigenvalue weighted by molar-refractivity contribution is -0.135. The number of amides is 2. The van der Waals surface area contributed by atoms with Gasteiger partial charge in [-0.05, 0) is 62.7 Å². The van der Waals surface area contributed by atoms with E-state index < -0.39 is 11.3 Å². The minimum absolute atomic E-state index is 0.384. The summed E-state index contributed by atoms with van der Waals surface area (Å²) in [5.74, 6) is -0.786. The first-order valence-electron chi connectivity index (χ1n) is 8.27. The summed E-state index contributed by atoms with van der Waals surface area (Å²) in [6, 6.07) is 12.7. The molecule has 26 heavy (non-hydrogen) atoms. The predicted octanol–water partition coefficient (Wildman–Crippen LogP) is 4.32. The molecule has 6 heteroatoms. The minimum Gasteiger partial charge on any atom is -0.378 e. The fourth-order valence-electron chi connectivity index (χ4n) is 2.19. The van der Waals surface area contributed by atoms with Gasteiger partial charge in [-0.15, -0.1) is 0 Å². The average Bonchev–Trinajstić information content (AvgIpc) is 2.58. The van der Waals surface area contributed by atoms with E-state index in [0.29, 0.717) is 16.4 Å². The molecule has 2 aromatic rings. The summed E-state index contributed by atoms with van der Waals surface area (Å²) in [5.41, 5.74) is 1.89. The van der Waals surface area contributed by atoms with Crippen molar-refractivity contribution in [3.05, 3.63) is 53.1 Å². The number of carbonyl (C=O) groups is 2. The van der Waals surface area contributed by atoms with Crippen LogP contribution in [0.3, 0.4) is 0 Å². The fourth-order valence-corrected chi connectivity index (χ4v) is 2.37. The summed E-state index contributed by atoms with van der Waals surface area (Å²) in [6.07, 6.45) is 0. The molecular weight excluding hydrogens is 350 g/mol. The maximum atomic E-state index is 12.6. The van der Waals surface area contributed by atoms with E-state index in [1.165, 1.54) is 0 Å². The molecule has 0 saturated carbocycles. The Labute approximate surface area is 159 Å². The molecule has 0 unspecified atom stereocenters. The highest BCUT2D eigenvalue weighted by Gasteiger charge is 2.36. The largest absolute Gasteiger partial charge is 0.378 e. The van der Waals surface area contributed by atoms with Gasteiger partial charge in [-0.3, -0.25) is 9.59 Å². The maximum Gasteiger partial charge on any atom is 0.239 e. The van der Waals surface area contributed by atoms with E-state index in [1.807, 2.05) is 44.1 Å². The highest BCUT2D eigenvalue weighted by molar-refractivity contribution is 6.31. The van der Waals surface area contributed by atoms with Crippen molar-refractivity contribution in [2.45, 2.75) is 20.8 Å². The van der Waals surface area contributed by atoms with Crippen molar-refractivity contribution in [1.29, 1.82) is 0 Å². The van der Waals surface area contributed by atoms with Crippen LogP contribution in [0.15, 0.2) is 42.5 Å². The van der Waals surface area contributed by atoms with Gasteiger partial charge in [-0.1, -0.05) is 17.7 Å². The Balaban J connectivity index is 2.07. The summed E-state index contributed by atoms with van der Waals surface area (Å²) in [6.45, 7) is 5.05. The zero-order valence-corrected chi connectivity index (χ0v) is 16.4. The lowest BCUT2D eigenvalue weighted by Crippen LogP contribution is -2.41. The Morgan fingerprint density at radius 3 is 1.92 bits per heavy atom. The molecule has 0 aliphatic carbocycles. The topological polar surface area (TPSA) is 61.4 Å². The molecule has 2 aromatic carbocycles. The Morgan fingerprint density at radius 1 is 0.923 bits per heavy atom. The summed E-state index contributed by atoms with van der Waals surface area (Å²) in [4.78, 5) is 27.1. The number of nitrogens with one attached hydrogen (secondary N) is 2. The van der Waals surface area contributed by atoms with E-state index in [9.17, 15) is 9.59 Å². The van der Waals surface area contributed by atoms with Gasteiger partial charge in [0.15, 0.2) is 0 Å². The second kappa shape index (κ2) is 7.79. The van der Waals surface area contributed by atoms with Crippen molar-refractivity contribution in [3.8, 4) is 0 Å². The standard InChI is InChI=1S/C20H24ClN3O2/c1-13-6-7-15(12-17(13)21)23-19(26)20(2,3)18(25)22-14-8-10-16(11-9-14)24(4)5/h6-12H,1-5H3,(H,22,25)(H,23,26). The van der Waals surface area contributed by atoms with Gasteiger partial charge in [0.2, 0.25) is 11.8 Å². The van der Waals surface area contributed by atoms with Crippen molar-refractivity contribution in [3.63, 3.8) is 0 Å². The van der Waals surface area contributed by atoms with Crippen LogP contribution < -0.4 is 15.5 Å².